The third-order valence-corrected chi connectivity index (χ3v) is 4.68. The van der Waals surface area contributed by atoms with Gasteiger partial charge in [-0.25, -0.2) is 9.18 Å². The monoisotopic (exact) mass is 336 g/mol. The minimum Gasteiger partial charge on any atom is -0.490 e. The number of amides is 2. The molecule has 1 fully saturated rings. The van der Waals surface area contributed by atoms with Crippen molar-refractivity contribution in [3.63, 3.8) is 0 Å². The van der Waals surface area contributed by atoms with Crippen LogP contribution >= 0.6 is 0 Å². The van der Waals surface area contributed by atoms with Crippen LogP contribution in [0.1, 0.15) is 37.8 Å². The van der Waals surface area contributed by atoms with Gasteiger partial charge in [0.1, 0.15) is 0 Å². The lowest BCUT2D eigenvalue weighted by Crippen LogP contribution is -2.40. The fourth-order valence-corrected chi connectivity index (χ4v) is 3.40. The Morgan fingerprint density at radius 1 is 1.46 bits per heavy atom. The first-order valence-corrected chi connectivity index (χ1v) is 8.73. The first-order chi connectivity index (χ1) is 11.7. The van der Waals surface area contributed by atoms with Crippen LogP contribution in [0.5, 0.6) is 5.75 Å². The number of nitrogens with zero attached hydrogens (tertiary/aromatic N) is 1. The van der Waals surface area contributed by atoms with Crippen LogP contribution in [0.15, 0.2) is 18.2 Å². The zero-order valence-corrected chi connectivity index (χ0v) is 14.1. The van der Waals surface area contributed by atoms with Crippen molar-refractivity contribution in [1.82, 2.24) is 10.2 Å². The second-order valence-electron chi connectivity index (χ2n) is 6.41. The van der Waals surface area contributed by atoms with E-state index in [1.54, 1.807) is 6.07 Å². The molecule has 132 valence electrons. The van der Waals surface area contributed by atoms with Crippen LogP contribution in [-0.4, -0.2) is 43.8 Å². The van der Waals surface area contributed by atoms with Gasteiger partial charge in [0, 0.05) is 31.2 Å². The summed E-state index contributed by atoms with van der Waals surface area (Å²) in [6.45, 7) is 5.30. The molecule has 0 unspecified atom stereocenters. The molecule has 5 nitrogen and oxygen atoms in total. The number of para-hydroxylation sites is 1. The second-order valence-corrected chi connectivity index (χ2v) is 6.41. The topological polar surface area (TPSA) is 50.8 Å². The number of hydrogen-bond donors (Lipinski definition) is 1. The highest BCUT2D eigenvalue weighted by Crippen LogP contribution is 2.33. The minimum atomic E-state index is -0.369. The van der Waals surface area contributed by atoms with Crippen LogP contribution < -0.4 is 10.1 Å². The van der Waals surface area contributed by atoms with Gasteiger partial charge in [0.2, 0.25) is 0 Å². The SMILES string of the molecule is CCOC[C@@H]1CCN(C(=O)N[C@H]2CCCOc3c(F)cccc32)C1. The lowest BCUT2D eigenvalue weighted by molar-refractivity contribution is 0.113. The van der Waals surface area contributed by atoms with Crippen LogP contribution in [0.4, 0.5) is 9.18 Å². The second kappa shape index (κ2) is 7.83. The Morgan fingerprint density at radius 3 is 3.17 bits per heavy atom. The van der Waals surface area contributed by atoms with Gasteiger partial charge in [-0.1, -0.05) is 12.1 Å². The maximum atomic E-state index is 14.0. The summed E-state index contributed by atoms with van der Waals surface area (Å²) in [5, 5.41) is 3.06. The molecular weight excluding hydrogens is 311 g/mol. The van der Waals surface area contributed by atoms with E-state index in [2.05, 4.69) is 5.32 Å². The maximum absolute atomic E-state index is 14.0. The Hall–Kier alpha value is -1.82. The van der Waals surface area contributed by atoms with Gasteiger partial charge in [-0.15, -0.1) is 0 Å². The number of benzene rings is 1. The van der Waals surface area contributed by atoms with Gasteiger partial charge in [0.05, 0.1) is 19.3 Å². The standard InChI is InChI=1S/C18H25FN2O3/c1-2-23-12-13-8-9-21(11-13)18(22)20-16-7-4-10-24-17-14(16)5-3-6-15(17)19/h3,5-6,13,16H,2,4,7-12H2,1H3,(H,20,22)/t13-,16+/m1/s1. The number of ether oxygens (including phenoxy) is 2. The van der Waals surface area contributed by atoms with Gasteiger partial charge in [0.15, 0.2) is 11.6 Å². The van der Waals surface area contributed by atoms with Crippen molar-refractivity contribution < 1.29 is 18.7 Å². The molecule has 1 aromatic carbocycles. The lowest BCUT2D eigenvalue weighted by Gasteiger charge is -2.23. The van der Waals surface area contributed by atoms with Crippen molar-refractivity contribution in [3.05, 3.63) is 29.6 Å². The van der Waals surface area contributed by atoms with Gasteiger partial charge in [-0.2, -0.15) is 0 Å². The molecule has 2 atom stereocenters. The molecule has 3 rings (SSSR count). The van der Waals surface area contributed by atoms with E-state index in [0.717, 1.165) is 31.4 Å². The zero-order chi connectivity index (χ0) is 16.9. The number of carbonyl (C=O) groups excluding carboxylic acids is 1. The average Bonchev–Trinajstić information content (AvgIpc) is 2.96. The molecule has 0 saturated carbocycles. The van der Waals surface area contributed by atoms with E-state index in [9.17, 15) is 9.18 Å². The molecule has 1 N–H and O–H groups in total. The largest absolute Gasteiger partial charge is 0.490 e. The molecule has 0 radical (unpaired) electrons. The Morgan fingerprint density at radius 2 is 2.33 bits per heavy atom. The molecule has 0 aromatic heterocycles. The van der Waals surface area contributed by atoms with E-state index in [1.807, 2.05) is 17.9 Å². The van der Waals surface area contributed by atoms with E-state index >= 15 is 0 Å². The summed E-state index contributed by atoms with van der Waals surface area (Å²) in [6, 6.07) is 4.58. The van der Waals surface area contributed by atoms with Crippen LogP contribution in [0.2, 0.25) is 0 Å². The predicted octanol–water partition coefficient (Wildman–Crippen LogP) is 3.11. The predicted molar refractivity (Wildman–Crippen MR) is 88.6 cm³/mol. The highest BCUT2D eigenvalue weighted by atomic mass is 19.1. The van der Waals surface area contributed by atoms with Crippen molar-refractivity contribution in [1.29, 1.82) is 0 Å². The molecule has 2 aliphatic rings. The van der Waals surface area contributed by atoms with Gasteiger partial charge in [-0.05, 0) is 32.3 Å². The summed E-state index contributed by atoms with van der Waals surface area (Å²) in [6.07, 6.45) is 2.50. The number of halogens is 1. The van der Waals surface area contributed by atoms with E-state index in [-0.39, 0.29) is 23.6 Å². The number of likely N-dealkylation sites (tertiary alicyclic amines) is 1. The van der Waals surface area contributed by atoms with Crippen molar-refractivity contribution in [2.24, 2.45) is 5.92 Å². The zero-order valence-electron chi connectivity index (χ0n) is 14.1. The summed E-state index contributed by atoms with van der Waals surface area (Å²) >= 11 is 0. The number of nitrogens with one attached hydrogen (secondary N) is 1. The summed E-state index contributed by atoms with van der Waals surface area (Å²) in [7, 11) is 0. The Labute approximate surface area is 142 Å². The molecule has 24 heavy (non-hydrogen) atoms. The van der Waals surface area contributed by atoms with Crippen LogP contribution in [0, 0.1) is 11.7 Å². The Kier molecular flexibility index (Phi) is 5.56. The average molecular weight is 336 g/mol. The molecule has 0 aliphatic carbocycles. The molecular formula is C18H25FN2O3. The fraction of sp³-hybridized carbons (Fsp3) is 0.611. The molecule has 2 heterocycles. The van der Waals surface area contributed by atoms with E-state index in [1.165, 1.54) is 6.07 Å². The third kappa shape index (κ3) is 3.80. The van der Waals surface area contributed by atoms with Crippen LogP contribution in [0.25, 0.3) is 0 Å². The smallest absolute Gasteiger partial charge is 0.317 e. The van der Waals surface area contributed by atoms with Crippen molar-refractivity contribution in [3.8, 4) is 5.75 Å². The molecule has 0 bridgehead atoms. The first-order valence-electron chi connectivity index (χ1n) is 8.73. The summed E-state index contributed by atoms with van der Waals surface area (Å²) < 4.78 is 24.9. The highest BCUT2D eigenvalue weighted by Gasteiger charge is 2.29. The number of urea groups is 1. The van der Waals surface area contributed by atoms with Gasteiger partial charge in [0.25, 0.3) is 0 Å². The van der Waals surface area contributed by atoms with Crippen molar-refractivity contribution >= 4 is 6.03 Å². The number of hydrogen-bond acceptors (Lipinski definition) is 3. The van der Waals surface area contributed by atoms with E-state index < -0.39 is 0 Å². The van der Waals surface area contributed by atoms with Crippen molar-refractivity contribution in [2.75, 3.05) is 32.9 Å². The van der Waals surface area contributed by atoms with E-state index in [4.69, 9.17) is 9.47 Å². The molecule has 2 aliphatic heterocycles. The Bertz CT molecular complexity index is 581. The number of rotatable bonds is 4. The minimum absolute atomic E-state index is 0.0869. The van der Waals surface area contributed by atoms with Crippen molar-refractivity contribution in [2.45, 2.75) is 32.2 Å². The molecule has 0 spiro atoms. The van der Waals surface area contributed by atoms with E-state index in [0.29, 0.717) is 32.3 Å². The third-order valence-electron chi connectivity index (χ3n) is 4.68. The quantitative estimate of drug-likeness (QED) is 0.919. The summed E-state index contributed by atoms with van der Waals surface area (Å²) in [4.78, 5) is 14.4. The Balaban J connectivity index is 1.64. The lowest BCUT2D eigenvalue weighted by atomic mass is 10.0. The molecule has 1 aromatic rings. The summed E-state index contributed by atoms with van der Waals surface area (Å²) in [5.74, 6) is 0.306. The highest BCUT2D eigenvalue weighted by molar-refractivity contribution is 5.75. The normalized spacial score (nSPS) is 23.3. The maximum Gasteiger partial charge on any atom is 0.317 e. The molecule has 2 amide bonds. The fourth-order valence-electron chi connectivity index (χ4n) is 3.40. The first kappa shape index (κ1) is 17.0. The summed E-state index contributed by atoms with van der Waals surface area (Å²) in [5.41, 5.74) is 0.728. The van der Waals surface area contributed by atoms with Crippen LogP contribution in [0.3, 0.4) is 0 Å². The van der Waals surface area contributed by atoms with Gasteiger partial charge >= 0.3 is 6.03 Å². The molecule has 1 saturated heterocycles. The number of fused-ring (bicyclic) bond motifs is 1. The van der Waals surface area contributed by atoms with Crippen LogP contribution in [-0.2, 0) is 4.74 Å². The van der Waals surface area contributed by atoms with Gasteiger partial charge < -0.3 is 19.7 Å². The number of carbonyl (C=O) groups is 1. The molecule has 6 heteroatoms. The van der Waals surface area contributed by atoms with Gasteiger partial charge in [-0.3, -0.25) is 0 Å².